The smallest absolute Gasteiger partial charge is 0.423 e. The van der Waals surface area contributed by atoms with Gasteiger partial charge in [0, 0.05) is 0 Å². The zero-order valence-corrected chi connectivity index (χ0v) is 31.6. The summed E-state index contributed by atoms with van der Waals surface area (Å²) in [5.74, 6) is -3.91. The van der Waals surface area contributed by atoms with Gasteiger partial charge in [-0.3, -0.25) is 0 Å². The van der Waals surface area contributed by atoms with Crippen LogP contribution in [-0.4, -0.2) is 37.1 Å². The number of esters is 4. The lowest BCUT2D eigenvalue weighted by Crippen LogP contribution is -2.53. The Morgan fingerprint density at radius 2 is 1.04 bits per heavy atom. The number of rotatable bonds is 8. The number of carbonyl (C=O) groups is 4. The Morgan fingerprint density at radius 1 is 0.612 bits per heavy atom. The Labute approximate surface area is 314 Å². The van der Waals surface area contributed by atoms with E-state index in [0.717, 1.165) is 44.2 Å². The van der Waals surface area contributed by atoms with Crippen LogP contribution in [0.5, 0.6) is 11.5 Å². The Bertz CT molecular complexity index is 1750. The Kier molecular flexibility index (Phi) is 10.2. The van der Waals surface area contributed by atoms with E-state index >= 15 is 0 Å². The van der Waals surface area contributed by atoms with Gasteiger partial charge in [-0.05, 0) is 90.6 Å². The monoisotopic (exact) mass is 792 g/mol. The summed E-state index contributed by atoms with van der Waals surface area (Å²) < 4.78 is 21.7. The van der Waals surface area contributed by atoms with Gasteiger partial charge in [-0.2, -0.15) is 0 Å². The van der Waals surface area contributed by atoms with Gasteiger partial charge in [0.05, 0.1) is 43.3 Å². The molecule has 6 aliphatic rings. The van der Waals surface area contributed by atoms with Gasteiger partial charge in [0.25, 0.3) is 0 Å². The van der Waals surface area contributed by atoms with Crippen molar-refractivity contribution < 1.29 is 38.1 Å². The maximum absolute atomic E-state index is 13.4. The molecule has 8 nitrogen and oxygen atoms in total. The number of hydrogen-bond acceptors (Lipinski definition) is 8. The summed E-state index contributed by atoms with van der Waals surface area (Å²) in [7, 11) is 0. The predicted octanol–water partition coefficient (Wildman–Crippen LogP) is 10.2. The molecule has 2 aromatic rings. The van der Waals surface area contributed by atoms with Gasteiger partial charge >= 0.3 is 23.9 Å². The first-order valence-corrected chi connectivity index (χ1v) is 18.3. The van der Waals surface area contributed by atoms with E-state index in [0.29, 0.717) is 23.7 Å². The lowest BCUT2D eigenvalue weighted by atomic mass is 9.46. The minimum atomic E-state index is -1.63. The Balaban J connectivity index is 1.17. The molecule has 6 aliphatic carbocycles. The molecule has 8 rings (SSSR count). The molecule has 0 aliphatic heterocycles. The van der Waals surface area contributed by atoms with Crippen molar-refractivity contribution in [2.45, 2.75) is 59.8 Å². The fraction of sp³-hybridized carbons (Fsp3) is 0.543. The predicted molar refractivity (Wildman–Crippen MR) is 186 cm³/mol. The summed E-state index contributed by atoms with van der Waals surface area (Å²) >= 11 is 37.8. The number of fused-ring (bicyclic) bond motifs is 3. The summed E-state index contributed by atoms with van der Waals surface area (Å²) in [6.07, 6.45) is 5.03. The molecule has 14 heteroatoms. The van der Waals surface area contributed by atoms with Gasteiger partial charge in [-0.25, -0.2) is 19.2 Å². The molecule has 0 aromatic heterocycles. The molecule has 264 valence electrons. The van der Waals surface area contributed by atoms with E-state index < -0.39 is 46.5 Å². The van der Waals surface area contributed by atoms with E-state index in [1.165, 1.54) is 0 Å². The van der Waals surface area contributed by atoms with Crippen LogP contribution in [-0.2, 0) is 19.1 Å². The fourth-order valence-corrected chi connectivity index (χ4v) is 10.1. The van der Waals surface area contributed by atoms with E-state index in [2.05, 4.69) is 27.7 Å². The summed E-state index contributed by atoms with van der Waals surface area (Å²) in [6.45, 7) is 9.09. The van der Waals surface area contributed by atoms with E-state index in [4.69, 9.17) is 88.6 Å². The van der Waals surface area contributed by atoms with Gasteiger partial charge in [-0.15, -0.1) is 0 Å². The van der Waals surface area contributed by atoms with Crippen molar-refractivity contribution in [1.29, 1.82) is 0 Å². The third-order valence-electron chi connectivity index (χ3n) is 11.8. The van der Waals surface area contributed by atoms with Gasteiger partial charge in [-0.1, -0.05) is 97.3 Å². The highest BCUT2D eigenvalue weighted by Crippen LogP contribution is 2.65. The highest BCUT2D eigenvalue weighted by molar-refractivity contribution is 6.47. The zero-order chi connectivity index (χ0) is 35.7. The van der Waals surface area contributed by atoms with Crippen LogP contribution in [0.3, 0.4) is 0 Å². The first-order chi connectivity index (χ1) is 22.9. The second-order valence-electron chi connectivity index (χ2n) is 14.7. The molecule has 49 heavy (non-hydrogen) atoms. The first kappa shape index (κ1) is 36.8. The minimum absolute atomic E-state index is 0.106. The molecule has 6 saturated carbocycles. The zero-order valence-electron chi connectivity index (χ0n) is 27.1. The first-order valence-electron chi connectivity index (χ1n) is 16.1. The minimum Gasteiger partial charge on any atom is -0.462 e. The molecule has 0 heterocycles. The quantitative estimate of drug-likeness (QED) is 0.113. The van der Waals surface area contributed by atoms with Crippen LogP contribution in [0.15, 0.2) is 12.1 Å². The van der Waals surface area contributed by atoms with Crippen molar-refractivity contribution in [3.8, 4) is 11.5 Å². The molecule has 6 unspecified atom stereocenters. The van der Waals surface area contributed by atoms with Crippen molar-refractivity contribution in [2.24, 2.45) is 46.3 Å². The van der Waals surface area contributed by atoms with Gasteiger partial charge < -0.3 is 18.9 Å². The molecular weight excluding hydrogens is 761 g/mol. The van der Waals surface area contributed by atoms with Gasteiger partial charge in [0.1, 0.15) is 11.1 Å². The molecular formula is C35H34Cl6O8. The standard InChI is InChI=1S/C35H34Cl6O8/c1-34(2)16-6-5-14(18(34)8-16)12-46-30(42)24-26(40)20(36)10-22(38)28(24)48-32(44)33(45)49-29-23(39)11-21(37)27(41)25(29)31(43)47-13-15-7-17-9-19(15)35(17,3)4/h10-11,14-19H,5-9,12-13H2,1-4H3. The Hall–Kier alpha value is -1.94. The largest absolute Gasteiger partial charge is 0.462 e. The Morgan fingerprint density at radius 3 is 1.45 bits per heavy atom. The molecule has 0 amide bonds. The van der Waals surface area contributed by atoms with E-state index in [9.17, 15) is 19.2 Å². The number of benzene rings is 2. The highest BCUT2D eigenvalue weighted by atomic mass is 35.5. The van der Waals surface area contributed by atoms with E-state index in [-0.39, 0.29) is 66.0 Å². The molecule has 4 bridgehead atoms. The summed E-state index contributed by atoms with van der Waals surface area (Å²) in [5, 5.41) is -1.39. The summed E-state index contributed by atoms with van der Waals surface area (Å²) in [4.78, 5) is 52.9. The van der Waals surface area contributed by atoms with E-state index in [1.54, 1.807) is 0 Å². The molecule has 0 radical (unpaired) electrons. The maximum atomic E-state index is 13.4. The van der Waals surface area contributed by atoms with Crippen molar-refractivity contribution in [1.82, 2.24) is 0 Å². The van der Waals surface area contributed by atoms with Crippen molar-refractivity contribution in [3.05, 3.63) is 53.4 Å². The molecule has 0 saturated heterocycles. The number of ether oxygens (including phenoxy) is 4. The van der Waals surface area contributed by atoms with Crippen LogP contribution in [0, 0.1) is 46.3 Å². The van der Waals surface area contributed by atoms with Crippen LogP contribution in [0.4, 0.5) is 0 Å². The average molecular weight is 795 g/mol. The van der Waals surface area contributed by atoms with Crippen LogP contribution in [0.25, 0.3) is 0 Å². The van der Waals surface area contributed by atoms with Crippen molar-refractivity contribution >= 4 is 93.5 Å². The lowest BCUT2D eigenvalue weighted by molar-refractivity contribution is -0.156. The second kappa shape index (κ2) is 13.6. The van der Waals surface area contributed by atoms with Gasteiger partial charge in [0.2, 0.25) is 0 Å². The second-order valence-corrected chi connectivity index (χ2v) is 17.1. The SMILES string of the molecule is CC1(C)C2CCC(COC(=O)c3c(Cl)c(Cl)cc(Cl)c3OC(=O)C(=O)Oc3c(Cl)cc(Cl)c(Cl)c3C(=O)OCC3CC4CC3C4(C)C)C1C2. The number of hydrogen-bond donors (Lipinski definition) is 0. The normalized spacial score (nSPS) is 27.0. The third kappa shape index (κ3) is 6.53. The highest BCUT2D eigenvalue weighted by Gasteiger charge is 2.58. The van der Waals surface area contributed by atoms with Crippen molar-refractivity contribution in [2.75, 3.05) is 13.2 Å². The maximum Gasteiger partial charge on any atom is 0.423 e. The van der Waals surface area contributed by atoms with Gasteiger partial charge in [0.15, 0.2) is 11.5 Å². The lowest BCUT2D eigenvalue weighted by Gasteiger charge is -2.60. The molecule has 0 N–H and O–H groups in total. The van der Waals surface area contributed by atoms with Crippen LogP contribution >= 0.6 is 69.6 Å². The summed E-state index contributed by atoms with van der Waals surface area (Å²) in [5.41, 5.74) is -0.540. The number of halogens is 6. The van der Waals surface area contributed by atoms with E-state index in [1.807, 2.05) is 0 Å². The van der Waals surface area contributed by atoms with Crippen LogP contribution in [0.2, 0.25) is 30.1 Å². The fourth-order valence-electron chi connectivity index (χ4n) is 8.63. The molecule has 6 atom stereocenters. The topological polar surface area (TPSA) is 105 Å². The number of carbonyl (C=O) groups excluding carboxylic acids is 4. The van der Waals surface area contributed by atoms with Crippen LogP contribution < -0.4 is 9.47 Å². The van der Waals surface area contributed by atoms with Crippen LogP contribution in [0.1, 0.15) is 80.5 Å². The molecule has 6 fully saturated rings. The molecule has 0 spiro atoms. The summed E-state index contributed by atoms with van der Waals surface area (Å²) in [6, 6.07) is 2.29. The van der Waals surface area contributed by atoms with Crippen molar-refractivity contribution in [3.63, 3.8) is 0 Å². The molecule has 2 aromatic carbocycles. The average Bonchev–Trinajstić information content (AvgIpc) is 3.61. The third-order valence-corrected chi connectivity index (χ3v) is 13.9.